The number of thioether (sulfide) groups is 1. The molecule has 0 radical (unpaired) electrons. The number of ether oxygens (including phenoxy) is 3. The summed E-state index contributed by atoms with van der Waals surface area (Å²) in [5, 5.41) is 1.50. The zero-order chi connectivity index (χ0) is 26.0. The molecule has 1 atom stereocenters. The SMILES string of the molecule is CCCCOC(=O)c1cc(-c2ccc(F)cc2F)ccc1OC(=O)SC[C@H](NC(C)=O)C(=O)OC. The van der Waals surface area contributed by atoms with Gasteiger partial charge in [-0.2, -0.15) is 0 Å². The first kappa shape index (κ1) is 27.8. The van der Waals surface area contributed by atoms with Crippen LogP contribution in [0, 0.1) is 11.6 Å². The van der Waals surface area contributed by atoms with Gasteiger partial charge in [0.15, 0.2) is 0 Å². The van der Waals surface area contributed by atoms with E-state index in [1.807, 2.05) is 6.92 Å². The van der Waals surface area contributed by atoms with Crippen LogP contribution in [0.5, 0.6) is 5.75 Å². The van der Waals surface area contributed by atoms with Crippen LogP contribution < -0.4 is 10.1 Å². The maximum Gasteiger partial charge on any atom is 0.372 e. The van der Waals surface area contributed by atoms with Gasteiger partial charge in [-0.25, -0.2) is 23.2 Å². The molecule has 0 bridgehead atoms. The molecule has 0 spiro atoms. The highest BCUT2D eigenvalue weighted by Crippen LogP contribution is 2.30. The van der Waals surface area contributed by atoms with Gasteiger partial charge in [-0.15, -0.1) is 0 Å². The molecule has 0 saturated carbocycles. The topological polar surface area (TPSA) is 108 Å². The van der Waals surface area contributed by atoms with E-state index in [-0.39, 0.29) is 34.8 Å². The Morgan fingerprint density at radius 1 is 1.09 bits per heavy atom. The van der Waals surface area contributed by atoms with Crippen molar-refractivity contribution in [3.05, 3.63) is 53.6 Å². The Morgan fingerprint density at radius 2 is 1.83 bits per heavy atom. The van der Waals surface area contributed by atoms with E-state index in [1.54, 1.807) is 0 Å². The van der Waals surface area contributed by atoms with Gasteiger partial charge in [0.05, 0.1) is 13.7 Å². The van der Waals surface area contributed by atoms with Crippen LogP contribution in [0.2, 0.25) is 0 Å². The molecule has 0 aliphatic rings. The molecule has 0 aliphatic heterocycles. The van der Waals surface area contributed by atoms with Crippen LogP contribution >= 0.6 is 11.8 Å². The molecular formula is C24H25F2NO7S. The summed E-state index contributed by atoms with van der Waals surface area (Å²) in [6.45, 7) is 3.25. The molecular weight excluding hydrogens is 484 g/mol. The fraction of sp³-hybridized carbons (Fsp3) is 0.333. The summed E-state index contributed by atoms with van der Waals surface area (Å²) in [5.74, 6) is -3.94. The molecule has 0 saturated heterocycles. The Bertz CT molecular complexity index is 1090. The van der Waals surface area contributed by atoms with E-state index in [2.05, 4.69) is 10.1 Å². The molecule has 35 heavy (non-hydrogen) atoms. The van der Waals surface area contributed by atoms with Crippen LogP contribution in [0.15, 0.2) is 36.4 Å². The van der Waals surface area contributed by atoms with Crippen molar-refractivity contribution in [2.75, 3.05) is 19.5 Å². The first-order valence-electron chi connectivity index (χ1n) is 10.6. The van der Waals surface area contributed by atoms with Crippen LogP contribution in [0.4, 0.5) is 13.6 Å². The van der Waals surface area contributed by atoms with E-state index in [0.29, 0.717) is 24.2 Å². The molecule has 0 heterocycles. The number of hydrogen-bond donors (Lipinski definition) is 1. The predicted molar refractivity (Wildman–Crippen MR) is 125 cm³/mol. The van der Waals surface area contributed by atoms with E-state index in [9.17, 15) is 28.0 Å². The zero-order valence-corrected chi connectivity index (χ0v) is 20.2. The number of benzene rings is 2. The fourth-order valence-electron chi connectivity index (χ4n) is 2.88. The van der Waals surface area contributed by atoms with Crippen molar-refractivity contribution in [1.29, 1.82) is 0 Å². The number of halogens is 2. The Balaban J connectivity index is 2.27. The third-order valence-electron chi connectivity index (χ3n) is 4.60. The minimum atomic E-state index is -1.09. The first-order chi connectivity index (χ1) is 16.7. The number of rotatable bonds is 10. The van der Waals surface area contributed by atoms with Gasteiger partial charge in [0.25, 0.3) is 0 Å². The minimum Gasteiger partial charge on any atom is -0.467 e. The van der Waals surface area contributed by atoms with E-state index >= 15 is 0 Å². The molecule has 1 N–H and O–H groups in total. The van der Waals surface area contributed by atoms with Crippen molar-refractivity contribution < 1.29 is 42.2 Å². The number of amides is 1. The Labute approximate surface area is 205 Å². The van der Waals surface area contributed by atoms with Crippen molar-refractivity contribution >= 4 is 34.9 Å². The molecule has 11 heteroatoms. The number of unbranched alkanes of at least 4 members (excludes halogenated alkanes) is 1. The smallest absolute Gasteiger partial charge is 0.372 e. The third-order valence-corrected chi connectivity index (χ3v) is 5.42. The number of nitrogens with one attached hydrogen (secondary N) is 1. The summed E-state index contributed by atoms with van der Waals surface area (Å²) in [6.07, 6.45) is 1.39. The average Bonchev–Trinajstić information content (AvgIpc) is 2.81. The third kappa shape index (κ3) is 8.36. The lowest BCUT2D eigenvalue weighted by Gasteiger charge is -2.15. The fourth-order valence-corrected chi connectivity index (χ4v) is 3.55. The molecule has 188 valence electrons. The summed E-state index contributed by atoms with van der Waals surface area (Å²) >= 11 is 0.581. The van der Waals surface area contributed by atoms with Crippen LogP contribution in [0.1, 0.15) is 37.0 Å². The van der Waals surface area contributed by atoms with Crippen molar-refractivity contribution in [2.45, 2.75) is 32.7 Å². The van der Waals surface area contributed by atoms with Gasteiger partial charge >= 0.3 is 17.2 Å². The molecule has 2 rings (SSSR count). The molecule has 0 aromatic heterocycles. The zero-order valence-electron chi connectivity index (χ0n) is 19.4. The average molecular weight is 510 g/mol. The highest BCUT2D eigenvalue weighted by atomic mass is 32.2. The molecule has 1 amide bonds. The van der Waals surface area contributed by atoms with Gasteiger partial charge in [-0.1, -0.05) is 19.4 Å². The molecule has 0 aliphatic carbocycles. The maximum absolute atomic E-state index is 14.3. The van der Waals surface area contributed by atoms with Crippen LogP contribution in [-0.4, -0.2) is 48.7 Å². The van der Waals surface area contributed by atoms with Gasteiger partial charge in [0.1, 0.15) is 29.0 Å². The molecule has 2 aromatic rings. The normalized spacial score (nSPS) is 11.3. The summed E-state index contributed by atoms with van der Waals surface area (Å²) < 4.78 is 42.7. The monoisotopic (exact) mass is 509 g/mol. The lowest BCUT2D eigenvalue weighted by molar-refractivity contribution is -0.144. The van der Waals surface area contributed by atoms with Crippen LogP contribution in [0.25, 0.3) is 11.1 Å². The number of esters is 2. The largest absolute Gasteiger partial charge is 0.467 e. The second-order valence-electron chi connectivity index (χ2n) is 7.26. The summed E-state index contributed by atoms with van der Waals surface area (Å²) in [6, 6.07) is 5.91. The second kappa shape index (κ2) is 13.4. The lowest BCUT2D eigenvalue weighted by Crippen LogP contribution is -2.42. The van der Waals surface area contributed by atoms with Crippen molar-refractivity contribution in [2.24, 2.45) is 0 Å². The highest BCUT2D eigenvalue weighted by molar-refractivity contribution is 8.13. The molecule has 0 fully saturated rings. The maximum atomic E-state index is 14.3. The molecule has 0 unspecified atom stereocenters. The van der Waals surface area contributed by atoms with Gasteiger partial charge in [0.2, 0.25) is 5.91 Å². The van der Waals surface area contributed by atoms with Gasteiger partial charge in [0, 0.05) is 24.3 Å². The van der Waals surface area contributed by atoms with E-state index in [0.717, 1.165) is 19.6 Å². The van der Waals surface area contributed by atoms with Crippen molar-refractivity contribution in [1.82, 2.24) is 5.32 Å². The van der Waals surface area contributed by atoms with Gasteiger partial charge in [-0.05, 0) is 48.0 Å². The minimum absolute atomic E-state index is 0.0393. The number of hydrogen-bond acceptors (Lipinski definition) is 8. The Morgan fingerprint density at radius 3 is 2.46 bits per heavy atom. The Hall–Kier alpha value is -3.47. The quantitative estimate of drug-likeness (QED) is 0.369. The van der Waals surface area contributed by atoms with E-state index in [1.165, 1.54) is 31.2 Å². The molecule has 2 aromatic carbocycles. The van der Waals surface area contributed by atoms with Gasteiger partial charge in [-0.3, -0.25) is 4.79 Å². The number of methoxy groups -OCH3 is 1. The van der Waals surface area contributed by atoms with Crippen molar-refractivity contribution in [3.8, 4) is 16.9 Å². The van der Waals surface area contributed by atoms with Crippen molar-refractivity contribution in [3.63, 3.8) is 0 Å². The Kier molecular flexibility index (Phi) is 10.7. The van der Waals surface area contributed by atoms with Gasteiger partial charge < -0.3 is 19.5 Å². The van der Waals surface area contributed by atoms with Crippen LogP contribution in [-0.2, 0) is 19.1 Å². The second-order valence-corrected chi connectivity index (χ2v) is 8.22. The lowest BCUT2D eigenvalue weighted by atomic mass is 10.0. The predicted octanol–water partition coefficient (Wildman–Crippen LogP) is 4.50. The summed E-state index contributed by atoms with van der Waals surface area (Å²) in [5.41, 5.74) is 0.147. The van der Waals surface area contributed by atoms with E-state index in [4.69, 9.17) is 9.47 Å². The highest BCUT2D eigenvalue weighted by Gasteiger charge is 2.24. The number of carbonyl (C=O) groups excluding carboxylic acids is 4. The summed E-state index contributed by atoms with van der Waals surface area (Å²) in [4.78, 5) is 48.2. The van der Waals surface area contributed by atoms with Crippen LogP contribution in [0.3, 0.4) is 0 Å². The van der Waals surface area contributed by atoms with E-state index < -0.39 is 40.8 Å². The number of carbonyl (C=O) groups is 4. The standard InChI is InChI=1S/C24H25F2NO7S/c1-4-5-10-33-22(29)18-11-15(17-8-7-16(25)12-19(17)26)6-9-21(18)34-24(31)35-13-20(23(30)32-3)27-14(2)28/h6-9,11-12,20H,4-5,10,13H2,1-3H3,(H,27,28)/t20-/m0/s1. The first-order valence-corrected chi connectivity index (χ1v) is 11.6. The molecule has 8 nitrogen and oxygen atoms in total. The summed E-state index contributed by atoms with van der Waals surface area (Å²) in [7, 11) is 1.14.